The molecule has 0 aliphatic heterocycles. The number of hydrogen-bond donors (Lipinski definition) is 0. The minimum absolute atomic E-state index is 0.361. The maximum absolute atomic E-state index is 11.8. The number of benzene rings is 1. The van der Waals surface area contributed by atoms with Crippen LogP contribution in [0.15, 0.2) is 24.3 Å². The first-order valence-corrected chi connectivity index (χ1v) is 6.34. The predicted molar refractivity (Wildman–Crippen MR) is 69.9 cm³/mol. The minimum atomic E-state index is 0.361. The highest BCUT2D eigenvalue weighted by atomic mass is 32.1. The molecule has 0 amide bonds. The van der Waals surface area contributed by atoms with Crippen molar-refractivity contribution in [2.45, 2.75) is 32.1 Å². The summed E-state index contributed by atoms with van der Waals surface area (Å²) in [4.78, 5) is 11.8. The van der Waals surface area contributed by atoms with Crippen LogP contribution < -0.4 is 0 Å². The second-order valence-corrected chi connectivity index (χ2v) is 4.65. The van der Waals surface area contributed by atoms with E-state index in [0.717, 1.165) is 24.8 Å². The number of aryl methyl sites for hydroxylation is 1. The number of ketones is 1. The van der Waals surface area contributed by atoms with Crippen LogP contribution in [-0.4, -0.2) is 11.2 Å². The molecular weight excluding hydrogens is 216 g/mol. The molecule has 2 heteroatoms. The first kappa shape index (κ1) is 11.5. The first-order valence-electron chi connectivity index (χ1n) is 5.87. The maximum atomic E-state index is 11.8. The lowest BCUT2D eigenvalue weighted by molar-refractivity contribution is -0.125. The largest absolute Gasteiger partial charge is 0.299 e. The van der Waals surface area contributed by atoms with Crippen LogP contribution in [0.2, 0.25) is 0 Å². The Balaban J connectivity index is 1.93. The summed E-state index contributed by atoms with van der Waals surface area (Å²) in [5.74, 6) is 0.796. The fraction of sp³-hybridized carbons (Fsp3) is 0.429. The molecule has 1 saturated carbocycles. The highest BCUT2D eigenvalue weighted by Gasteiger charge is 2.24. The number of thiocarbonyl (C=S) groups is 1. The molecule has 0 atom stereocenters. The third-order valence-electron chi connectivity index (χ3n) is 3.38. The predicted octanol–water partition coefficient (Wildman–Crippen LogP) is 3.34. The van der Waals surface area contributed by atoms with Crippen molar-refractivity contribution in [3.05, 3.63) is 35.4 Å². The molecule has 1 aromatic carbocycles. The molecule has 1 aliphatic carbocycles. The molecule has 1 aromatic rings. The molecule has 0 bridgehead atoms. The summed E-state index contributed by atoms with van der Waals surface area (Å²) < 4.78 is 0. The van der Waals surface area contributed by atoms with Crippen LogP contribution in [0.25, 0.3) is 0 Å². The van der Waals surface area contributed by atoms with Crippen LogP contribution in [0.1, 0.15) is 36.8 Å². The van der Waals surface area contributed by atoms with Gasteiger partial charge in [0.05, 0.1) is 0 Å². The van der Waals surface area contributed by atoms with E-state index in [4.69, 9.17) is 12.2 Å². The van der Waals surface area contributed by atoms with E-state index in [1.54, 1.807) is 5.37 Å². The average Bonchev–Trinajstić information content (AvgIpc) is 2.24. The summed E-state index contributed by atoms with van der Waals surface area (Å²) in [6.07, 6.45) is 4.94. The second kappa shape index (κ2) is 5.35. The lowest BCUT2D eigenvalue weighted by Gasteiger charge is -2.23. The van der Waals surface area contributed by atoms with Crippen molar-refractivity contribution in [2.24, 2.45) is 5.92 Å². The molecule has 1 nitrogen and oxygen atoms in total. The van der Waals surface area contributed by atoms with Gasteiger partial charge in [0.25, 0.3) is 0 Å². The summed E-state index contributed by atoms with van der Waals surface area (Å²) in [6, 6.07) is 8.06. The fourth-order valence-corrected chi connectivity index (χ4v) is 2.30. The normalized spacial score (nSPS) is 15.5. The van der Waals surface area contributed by atoms with E-state index in [9.17, 15) is 4.79 Å². The molecule has 0 heterocycles. The van der Waals surface area contributed by atoms with Gasteiger partial charge in [-0.3, -0.25) is 4.79 Å². The van der Waals surface area contributed by atoms with Gasteiger partial charge in [0.1, 0.15) is 5.78 Å². The van der Waals surface area contributed by atoms with Crippen molar-refractivity contribution in [3.63, 3.8) is 0 Å². The van der Waals surface area contributed by atoms with Crippen molar-refractivity contribution in [3.8, 4) is 0 Å². The second-order valence-electron chi connectivity index (χ2n) is 4.41. The lowest BCUT2D eigenvalue weighted by atomic mass is 9.80. The van der Waals surface area contributed by atoms with Crippen LogP contribution >= 0.6 is 12.2 Å². The zero-order valence-electron chi connectivity index (χ0n) is 9.32. The average molecular weight is 232 g/mol. The standard InChI is InChI=1S/C14H16OS/c15-14(12-6-3-7-12)9-8-11-4-1-2-5-13(11)10-16/h1-2,4-5,10,12H,3,6-9H2. The van der Waals surface area contributed by atoms with Crippen LogP contribution in [0.4, 0.5) is 0 Å². The van der Waals surface area contributed by atoms with Gasteiger partial charge in [-0.2, -0.15) is 0 Å². The number of rotatable bonds is 5. The number of carbonyl (C=O) groups excluding carboxylic acids is 1. The third kappa shape index (κ3) is 2.56. The van der Waals surface area contributed by atoms with Crippen LogP contribution in [-0.2, 0) is 11.2 Å². The van der Waals surface area contributed by atoms with Gasteiger partial charge in [-0.05, 0) is 30.4 Å². The van der Waals surface area contributed by atoms with E-state index in [1.807, 2.05) is 18.2 Å². The summed E-state index contributed by atoms with van der Waals surface area (Å²) in [5, 5.41) is 1.70. The number of hydrogen-bond acceptors (Lipinski definition) is 2. The zero-order chi connectivity index (χ0) is 11.4. The molecular formula is C14H16OS. The van der Waals surface area contributed by atoms with E-state index in [2.05, 4.69) is 6.07 Å². The first-order chi connectivity index (χ1) is 7.81. The summed E-state index contributed by atoms with van der Waals surface area (Å²) in [7, 11) is 0. The number of carbonyl (C=O) groups is 1. The van der Waals surface area contributed by atoms with E-state index < -0.39 is 0 Å². The molecule has 0 N–H and O–H groups in total. The topological polar surface area (TPSA) is 17.1 Å². The van der Waals surface area contributed by atoms with Crippen LogP contribution in [0.3, 0.4) is 0 Å². The Hall–Kier alpha value is -1.02. The smallest absolute Gasteiger partial charge is 0.136 e. The SMILES string of the molecule is O=C(CCc1ccccc1C=S)C1CCC1. The molecule has 84 valence electrons. The zero-order valence-corrected chi connectivity index (χ0v) is 10.1. The molecule has 0 aromatic heterocycles. The highest BCUT2D eigenvalue weighted by Crippen LogP contribution is 2.28. The fourth-order valence-electron chi connectivity index (χ4n) is 2.07. The van der Waals surface area contributed by atoms with Gasteiger partial charge in [-0.25, -0.2) is 0 Å². The molecule has 0 radical (unpaired) electrons. The van der Waals surface area contributed by atoms with E-state index >= 15 is 0 Å². The lowest BCUT2D eigenvalue weighted by Crippen LogP contribution is -2.22. The van der Waals surface area contributed by atoms with Gasteiger partial charge in [0.2, 0.25) is 0 Å². The van der Waals surface area contributed by atoms with Gasteiger partial charge < -0.3 is 0 Å². The quantitative estimate of drug-likeness (QED) is 0.724. The van der Waals surface area contributed by atoms with Gasteiger partial charge in [0, 0.05) is 17.7 Å². The van der Waals surface area contributed by atoms with E-state index in [1.165, 1.54) is 12.0 Å². The molecule has 0 saturated heterocycles. The van der Waals surface area contributed by atoms with Crippen LogP contribution in [0.5, 0.6) is 0 Å². The molecule has 2 rings (SSSR count). The van der Waals surface area contributed by atoms with E-state index in [0.29, 0.717) is 18.1 Å². The van der Waals surface area contributed by atoms with E-state index in [-0.39, 0.29) is 0 Å². The third-order valence-corrected chi connectivity index (χ3v) is 3.64. The van der Waals surface area contributed by atoms with Gasteiger partial charge in [0.15, 0.2) is 0 Å². The monoisotopic (exact) mass is 232 g/mol. The Kier molecular flexibility index (Phi) is 3.83. The minimum Gasteiger partial charge on any atom is -0.299 e. The van der Waals surface area contributed by atoms with Crippen molar-refractivity contribution in [1.29, 1.82) is 0 Å². The highest BCUT2D eigenvalue weighted by molar-refractivity contribution is 7.79. The maximum Gasteiger partial charge on any atom is 0.136 e. The molecule has 1 fully saturated rings. The molecule has 0 spiro atoms. The Morgan fingerprint density at radius 3 is 2.75 bits per heavy atom. The Bertz CT molecular complexity index is 393. The van der Waals surface area contributed by atoms with Gasteiger partial charge in [-0.1, -0.05) is 42.9 Å². The molecule has 1 aliphatic rings. The molecule has 0 unspecified atom stereocenters. The van der Waals surface area contributed by atoms with Gasteiger partial charge >= 0.3 is 0 Å². The summed E-state index contributed by atoms with van der Waals surface area (Å²) in [6.45, 7) is 0. The van der Waals surface area contributed by atoms with Crippen molar-refractivity contribution < 1.29 is 4.79 Å². The van der Waals surface area contributed by atoms with Crippen molar-refractivity contribution in [1.82, 2.24) is 0 Å². The Morgan fingerprint density at radius 2 is 2.12 bits per heavy atom. The summed E-state index contributed by atoms with van der Waals surface area (Å²) in [5.41, 5.74) is 2.28. The number of Topliss-reactive ketones (excluding diaryl/α,β-unsaturated/α-hetero) is 1. The van der Waals surface area contributed by atoms with Crippen molar-refractivity contribution >= 4 is 23.4 Å². The van der Waals surface area contributed by atoms with Gasteiger partial charge in [-0.15, -0.1) is 0 Å². The van der Waals surface area contributed by atoms with Crippen molar-refractivity contribution in [2.75, 3.05) is 0 Å². The Labute approximate surface area is 102 Å². The summed E-state index contributed by atoms with van der Waals surface area (Å²) >= 11 is 4.96. The Morgan fingerprint density at radius 1 is 1.38 bits per heavy atom. The van der Waals surface area contributed by atoms with Crippen LogP contribution in [0, 0.1) is 5.92 Å². The molecule has 16 heavy (non-hydrogen) atoms.